The highest BCUT2D eigenvalue weighted by Crippen LogP contribution is 2.30. The molecule has 1 aromatic carbocycles. The molecule has 3 aromatic rings. The molecule has 0 N–H and O–H groups in total. The number of piperazine rings is 1. The number of alkyl halides is 6. The van der Waals surface area contributed by atoms with Crippen LogP contribution in [0.2, 0.25) is 0 Å². The van der Waals surface area contributed by atoms with Crippen LogP contribution in [0, 0.1) is 0 Å². The van der Waals surface area contributed by atoms with Gasteiger partial charge in [-0.15, -0.1) is 11.3 Å². The molecular weight excluding hydrogens is 482 g/mol. The van der Waals surface area contributed by atoms with Gasteiger partial charge in [0.25, 0.3) is 5.91 Å². The zero-order valence-electron chi connectivity index (χ0n) is 17.7. The van der Waals surface area contributed by atoms with Crippen LogP contribution in [0.5, 0.6) is 0 Å². The van der Waals surface area contributed by atoms with E-state index in [0.29, 0.717) is 48.7 Å². The van der Waals surface area contributed by atoms with E-state index in [1.807, 2.05) is 4.90 Å². The van der Waals surface area contributed by atoms with Crippen molar-refractivity contribution >= 4 is 17.2 Å². The van der Waals surface area contributed by atoms with Gasteiger partial charge in [0.05, 0.1) is 17.0 Å². The molecule has 34 heavy (non-hydrogen) atoms. The average Bonchev–Trinajstić information content (AvgIpc) is 3.44. The topological polar surface area (TPSA) is 41.4 Å². The van der Waals surface area contributed by atoms with Crippen molar-refractivity contribution in [2.45, 2.75) is 25.4 Å². The second kappa shape index (κ2) is 9.41. The van der Waals surface area contributed by atoms with Crippen LogP contribution in [0.3, 0.4) is 0 Å². The fourth-order valence-electron chi connectivity index (χ4n) is 3.73. The van der Waals surface area contributed by atoms with Crippen molar-refractivity contribution in [2.24, 2.45) is 0 Å². The van der Waals surface area contributed by atoms with Gasteiger partial charge in [-0.3, -0.25) is 14.4 Å². The molecule has 0 aliphatic carbocycles. The standard InChI is InChI=1S/C22H20F6N4OS/c23-21(24,25)17-3-1-2-15(10-17)12-30-6-8-31(9-7-30)20(33)18-11-16(14-34-18)13-32-5-4-19(29-32)22(26,27)28/h1-5,10-11,14H,6-9,12-13H2. The van der Waals surface area contributed by atoms with Crippen LogP contribution in [0.4, 0.5) is 26.3 Å². The Morgan fingerprint density at radius 3 is 2.29 bits per heavy atom. The number of hydrogen-bond acceptors (Lipinski definition) is 4. The molecule has 1 saturated heterocycles. The Morgan fingerprint density at radius 2 is 1.65 bits per heavy atom. The molecule has 12 heteroatoms. The monoisotopic (exact) mass is 502 g/mol. The number of thiophene rings is 1. The summed E-state index contributed by atoms with van der Waals surface area (Å²) in [7, 11) is 0. The maximum Gasteiger partial charge on any atom is 0.435 e. The van der Waals surface area contributed by atoms with E-state index >= 15 is 0 Å². The highest BCUT2D eigenvalue weighted by molar-refractivity contribution is 7.12. The predicted molar refractivity (Wildman–Crippen MR) is 113 cm³/mol. The number of nitrogens with zero attached hydrogens (tertiary/aromatic N) is 4. The van der Waals surface area contributed by atoms with E-state index < -0.39 is 23.6 Å². The van der Waals surface area contributed by atoms with Crippen molar-refractivity contribution in [1.29, 1.82) is 0 Å². The van der Waals surface area contributed by atoms with Gasteiger partial charge in [0, 0.05) is 38.9 Å². The van der Waals surface area contributed by atoms with Gasteiger partial charge < -0.3 is 4.90 Å². The third-order valence-corrected chi connectivity index (χ3v) is 6.43. The Bertz CT molecular complexity index is 1140. The van der Waals surface area contributed by atoms with Crippen LogP contribution in [0.1, 0.15) is 32.1 Å². The quantitative estimate of drug-likeness (QED) is 0.462. The lowest BCUT2D eigenvalue weighted by molar-refractivity contribution is -0.141. The Labute approximate surface area is 195 Å². The van der Waals surface area contributed by atoms with Gasteiger partial charge in [-0.05, 0) is 34.7 Å². The van der Waals surface area contributed by atoms with E-state index in [1.165, 1.54) is 28.3 Å². The van der Waals surface area contributed by atoms with Gasteiger partial charge in [0.15, 0.2) is 5.69 Å². The molecule has 0 atom stereocenters. The number of aromatic nitrogens is 2. The lowest BCUT2D eigenvalue weighted by Gasteiger charge is -2.34. The third kappa shape index (κ3) is 5.79. The molecule has 5 nitrogen and oxygen atoms in total. The van der Waals surface area contributed by atoms with E-state index in [2.05, 4.69) is 5.10 Å². The molecule has 1 aliphatic heterocycles. The molecule has 0 saturated carbocycles. The minimum absolute atomic E-state index is 0.116. The molecule has 0 bridgehead atoms. The summed E-state index contributed by atoms with van der Waals surface area (Å²) in [5.74, 6) is -0.175. The highest BCUT2D eigenvalue weighted by Gasteiger charge is 2.33. The molecule has 4 rings (SSSR count). The smallest absolute Gasteiger partial charge is 0.335 e. The summed E-state index contributed by atoms with van der Waals surface area (Å²) in [5, 5.41) is 5.23. The van der Waals surface area contributed by atoms with Crippen molar-refractivity contribution < 1.29 is 31.1 Å². The Morgan fingerprint density at radius 1 is 0.912 bits per heavy atom. The van der Waals surface area contributed by atoms with Crippen LogP contribution in [-0.4, -0.2) is 51.7 Å². The molecule has 1 amide bonds. The second-order valence-corrected chi connectivity index (χ2v) is 8.89. The number of benzene rings is 1. The van der Waals surface area contributed by atoms with Gasteiger partial charge in [-0.25, -0.2) is 0 Å². The van der Waals surface area contributed by atoms with Crippen molar-refractivity contribution in [3.8, 4) is 0 Å². The minimum Gasteiger partial charge on any atom is -0.335 e. The number of amides is 1. The summed E-state index contributed by atoms with van der Waals surface area (Å²) in [4.78, 5) is 17.0. The zero-order chi connectivity index (χ0) is 24.5. The van der Waals surface area contributed by atoms with Gasteiger partial charge in [-0.1, -0.05) is 18.2 Å². The Balaban J connectivity index is 1.31. The van der Waals surface area contributed by atoms with Crippen molar-refractivity contribution in [2.75, 3.05) is 26.2 Å². The Kier molecular flexibility index (Phi) is 6.72. The van der Waals surface area contributed by atoms with Crippen molar-refractivity contribution in [3.05, 3.63) is 75.2 Å². The third-order valence-electron chi connectivity index (χ3n) is 5.46. The first kappa shape index (κ1) is 24.3. The zero-order valence-corrected chi connectivity index (χ0v) is 18.6. The molecule has 1 fully saturated rings. The average molecular weight is 502 g/mol. The molecule has 182 valence electrons. The second-order valence-electron chi connectivity index (χ2n) is 7.98. The molecule has 0 spiro atoms. The van der Waals surface area contributed by atoms with Crippen LogP contribution in [-0.2, 0) is 25.4 Å². The van der Waals surface area contributed by atoms with E-state index in [4.69, 9.17) is 0 Å². The number of carbonyl (C=O) groups is 1. The molecule has 1 aliphatic rings. The van der Waals surface area contributed by atoms with Gasteiger partial charge in [0.2, 0.25) is 0 Å². The Hall–Kier alpha value is -2.86. The van der Waals surface area contributed by atoms with E-state index in [-0.39, 0.29) is 12.5 Å². The SMILES string of the molecule is O=C(c1cc(Cn2ccc(C(F)(F)F)n2)cs1)N1CCN(Cc2cccc(C(F)(F)F)c2)CC1. The summed E-state index contributed by atoms with van der Waals surface area (Å²) in [5.41, 5.74) is -0.419. The van der Waals surface area contributed by atoms with Gasteiger partial charge >= 0.3 is 12.4 Å². The highest BCUT2D eigenvalue weighted by atomic mass is 32.1. The lowest BCUT2D eigenvalue weighted by atomic mass is 10.1. The maximum absolute atomic E-state index is 12.9. The van der Waals surface area contributed by atoms with Crippen molar-refractivity contribution in [3.63, 3.8) is 0 Å². The number of hydrogen-bond donors (Lipinski definition) is 0. The van der Waals surface area contributed by atoms with E-state index in [0.717, 1.165) is 18.2 Å². The first-order chi connectivity index (χ1) is 16.0. The van der Waals surface area contributed by atoms with E-state index in [1.54, 1.807) is 22.4 Å². The van der Waals surface area contributed by atoms with E-state index in [9.17, 15) is 31.1 Å². The largest absolute Gasteiger partial charge is 0.435 e. The maximum atomic E-state index is 12.9. The van der Waals surface area contributed by atoms with Crippen LogP contribution in [0.15, 0.2) is 48.0 Å². The predicted octanol–water partition coefficient (Wildman–Crippen LogP) is 4.99. The van der Waals surface area contributed by atoms with Crippen LogP contribution < -0.4 is 0 Å². The van der Waals surface area contributed by atoms with Gasteiger partial charge in [0.1, 0.15) is 0 Å². The summed E-state index contributed by atoms with van der Waals surface area (Å²) in [6.45, 7) is 2.38. The molecular formula is C22H20F6N4OS. The fraction of sp³-hybridized carbons (Fsp3) is 0.364. The summed E-state index contributed by atoms with van der Waals surface area (Å²) >= 11 is 1.22. The number of rotatable bonds is 5. The van der Waals surface area contributed by atoms with Crippen LogP contribution >= 0.6 is 11.3 Å². The number of carbonyl (C=O) groups excluding carboxylic acids is 1. The normalized spacial score (nSPS) is 15.6. The molecule has 0 radical (unpaired) electrons. The number of halogens is 6. The lowest BCUT2D eigenvalue weighted by Crippen LogP contribution is -2.48. The summed E-state index contributed by atoms with van der Waals surface area (Å²) < 4.78 is 78.0. The molecule has 3 heterocycles. The van der Waals surface area contributed by atoms with Gasteiger partial charge in [-0.2, -0.15) is 31.4 Å². The van der Waals surface area contributed by atoms with Crippen molar-refractivity contribution in [1.82, 2.24) is 19.6 Å². The molecule has 0 unspecified atom stereocenters. The first-order valence-corrected chi connectivity index (χ1v) is 11.2. The first-order valence-electron chi connectivity index (χ1n) is 10.3. The van der Waals surface area contributed by atoms with Crippen LogP contribution in [0.25, 0.3) is 0 Å². The summed E-state index contributed by atoms with van der Waals surface area (Å²) in [6, 6.07) is 7.77. The fourth-order valence-corrected chi connectivity index (χ4v) is 4.60. The summed E-state index contributed by atoms with van der Waals surface area (Å²) in [6.07, 6.45) is -7.66. The minimum atomic E-state index is -4.51. The molecule has 2 aromatic heterocycles.